The van der Waals surface area contributed by atoms with E-state index in [2.05, 4.69) is 9.72 Å². The number of benzene rings is 1. The van der Waals surface area contributed by atoms with Crippen LogP contribution in [0.5, 0.6) is 11.6 Å². The Morgan fingerprint density at radius 3 is 2.41 bits per heavy atom. The van der Waals surface area contributed by atoms with Gasteiger partial charge in [-0.25, -0.2) is 14.6 Å². The summed E-state index contributed by atoms with van der Waals surface area (Å²) in [5.41, 5.74) is 7.04. The fraction of sp³-hybridized carbons (Fsp3) is 0.100. The van der Waals surface area contributed by atoms with Gasteiger partial charge in [0.2, 0.25) is 5.88 Å². The van der Waals surface area contributed by atoms with Crippen molar-refractivity contribution >= 4 is 17.6 Å². The third kappa shape index (κ3) is 3.86. The van der Waals surface area contributed by atoms with E-state index in [0.29, 0.717) is 17.0 Å². The lowest BCUT2D eigenvalue weighted by Gasteiger charge is -2.10. The maximum absolute atomic E-state index is 12.1. The molecule has 9 heteroatoms. The first-order chi connectivity index (χ1) is 14.0. The van der Waals surface area contributed by atoms with Gasteiger partial charge in [0.15, 0.2) is 5.69 Å². The quantitative estimate of drug-likeness (QED) is 0.656. The molecule has 2 aromatic heterocycles. The lowest BCUT2D eigenvalue weighted by molar-refractivity contribution is 0.0587. The molecule has 0 spiro atoms. The van der Waals surface area contributed by atoms with Gasteiger partial charge in [-0.15, -0.1) is 0 Å². The lowest BCUT2D eigenvalue weighted by atomic mass is 10.2. The molecule has 9 nitrogen and oxygen atoms in total. The molecule has 3 aromatic rings. The molecule has 2 N–H and O–H groups in total. The maximum atomic E-state index is 12.1. The van der Waals surface area contributed by atoms with Crippen molar-refractivity contribution in [1.29, 1.82) is 5.26 Å². The molecule has 1 aromatic carbocycles. The van der Waals surface area contributed by atoms with Crippen LogP contribution in [0.2, 0.25) is 0 Å². The number of nitriles is 1. The second-order valence-corrected chi connectivity index (χ2v) is 5.75. The Labute approximate surface area is 165 Å². The molecule has 29 heavy (non-hydrogen) atoms. The molecule has 0 unspecified atom stereocenters. The summed E-state index contributed by atoms with van der Waals surface area (Å²) in [5, 5.41) is 9.19. The van der Waals surface area contributed by atoms with Gasteiger partial charge >= 0.3 is 11.9 Å². The second kappa shape index (κ2) is 8.14. The number of methoxy groups -OCH3 is 2. The van der Waals surface area contributed by atoms with Crippen LogP contribution in [0.3, 0.4) is 0 Å². The monoisotopic (exact) mass is 392 g/mol. The summed E-state index contributed by atoms with van der Waals surface area (Å²) in [4.78, 5) is 27.7. The molecule has 0 aliphatic heterocycles. The van der Waals surface area contributed by atoms with Gasteiger partial charge in [-0.1, -0.05) is 0 Å². The molecule has 0 saturated heterocycles. The number of anilines is 1. The molecule has 0 atom stereocenters. The number of carbonyl (C=O) groups excluding carboxylic acids is 2. The van der Waals surface area contributed by atoms with E-state index < -0.39 is 11.9 Å². The molecule has 0 fully saturated rings. The van der Waals surface area contributed by atoms with Crippen LogP contribution in [-0.4, -0.2) is 35.7 Å². The first-order valence-electron chi connectivity index (χ1n) is 8.30. The molecule has 146 valence electrons. The number of hydrogen-bond donors (Lipinski definition) is 1. The normalized spacial score (nSPS) is 10.1. The zero-order valence-corrected chi connectivity index (χ0v) is 15.6. The number of ether oxygens (including phenoxy) is 3. The number of aromatic nitrogens is 2. The summed E-state index contributed by atoms with van der Waals surface area (Å²) in [6, 6.07) is 11.6. The van der Waals surface area contributed by atoms with Gasteiger partial charge in [-0.05, 0) is 30.3 Å². The smallest absolute Gasteiger partial charge is 0.357 e. The zero-order chi connectivity index (χ0) is 21.0. The average Bonchev–Trinajstić information content (AvgIpc) is 3.09. The van der Waals surface area contributed by atoms with E-state index in [0.717, 1.165) is 0 Å². The molecule has 0 bridgehead atoms. The Balaban J connectivity index is 1.89. The van der Waals surface area contributed by atoms with Crippen molar-refractivity contribution < 1.29 is 23.8 Å². The first kappa shape index (κ1) is 19.4. The van der Waals surface area contributed by atoms with Crippen LogP contribution < -0.4 is 10.5 Å². The Hall–Kier alpha value is -4.32. The van der Waals surface area contributed by atoms with Crippen molar-refractivity contribution in [3.8, 4) is 23.4 Å². The molecule has 2 heterocycles. The van der Waals surface area contributed by atoms with Crippen LogP contribution in [-0.2, 0) is 9.47 Å². The molecular formula is C20H16N4O5. The minimum absolute atomic E-state index is 0.0449. The SMILES string of the molecule is COC(=O)c1ccnc(Oc2ccc(-n3cc(C#N)c(N)c3C(=O)OC)cc2)c1. The van der Waals surface area contributed by atoms with Crippen LogP contribution in [0.15, 0.2) is 48.8 Å². The van der Waals surface area contributed by atoms with E-state index in [9.17, 15) is 14.9 Å². The van der Waals surface area contributed by atoms with Crippen LogP contribution in [0.1, 0.15) is 26.4 Å². The summed E-state index contributed by atoms with van der Waals surface area (Å²) >= 11 is 0. The number of carbonyl (C=O) groups is 2. The average molecular weight is 392 g/mol. The molecule has 0 aliphatic carbocycles. The number of rotatable bonds is 5. The van der Waals surface area contributed by atoms with Gasteiger partial charge in [0.05, 0.1) is 31.0 Å². The fourth-order valence-electron chi connectivity index (χ4n) is 2.62. The third-order valence-electron chi connectivity index (χ3n) is 4.04. The van der Waals surface area contributed by atoms with Crippen molar-refractivity contribution in [3.05, 3.63) is 65.6 Å². The second-order valence-electron chi connectivity index (χ2n) is 5.75. The highest BCUT2D eigenvalue weighted by Gasteiger charge is 2.21. The zero-order valence-electron chi connectivity index (χ0n) is 15.6. The van der Waals surface area contributed by atoms with Crippen molar-refractivity contribution in [2.45, 2.75) is 0 Å². The highest BCUT2D eigenvalue weighted by molar-refractivity contribution is 5.96. The van der Waals surface area contributed by atoms with Gasteiger partial charge in [0.25, 0.3) is 0 Å². The number of hydrogen-bond acceptors (Lipinski definition) is 8. The number of nitrogen functional groups attached to an aromatic ring is 1. The van der Waals surface area contributed by atoms with Gasteiger partial charge in [-0.3, -0.25) is 0 Å². The van der Waals surface area contributed by atoms with Crippen LogP contribution in [0, 0.1) is 11.3 Å². The molecule has 0 saturated carbocycles. The van der Waals surface area contributed by atoms with Gasteiger partial charge in [0, 0.05) is 24.1 Å². The molecule has 0 amide bonds. The summed E-state index contributed by atoms with van der Waals surface area (Å²) in [6.07, 6.45) is 2.89. The van der Waals surface area contributed by atoms with Crippen molar-refractivity contribution in [1.82, 2.24) is 9.55 Å². The highest BCUT2D eigenvalue weighted by Crippen LogP contribution is 2.27. The van der Waals surface area contributed by atoms with E-state index >= 15 is 0 Å². The predicted molar refractivity (Wildman–Crippen MR) is 102 cm³/mol. The minimum Gasteiger partial charge on any atom is -0.465 e. The van der Waals surface area contributed by atoms with Crippen molar-refractivity contribution in [2.24, 2.45) is 0 Å². The van der Waals surface area contributed by atoms with Gasteiger partial charge in [0.1, 0.15) is 11.8 Å². The number of pyridine rings is 1. The first-order valence-corrected chi connectivity index (χ1v) is 8.30. The van der Waals surface area contributed by atoms with E-state index in [1.807, 2.05) is 6.07 Å². The van der Waals surface area contributed by atoms with E-state index in [-0.39, 0.29) is 22.8 Å². The number of nitrogens with two attached hydrogens (primary N) is 1. The summed E-state index contributed by atoms with van der Waals surface area (Å²) < 4.78 is 16.6. The van der Waals surface area contributed by atoms with Crippen molar-refractivity contribution in [3.63, 3.8) is 0 Å². The van der Waals surface area contributed by atoms with Crippen LogP contribution >= 0.6 is 0 Å². The topological polar surface area (TPSA) is 129 Å². The van der Waals surface area contributed by atoms with Crippen molar-refractivity contribution in [2.75, 3.05) is 20.0 Å². The Morgan fingerprint density at radius 1 is 1.10 bits per heavy atom. The lowest BCUT2D eigenvalue weighted by Crippen LogP contribution is -2.11. The molecule has 0 aliphatic rings. The minimum atomic E-state index is -0.659. The van der Waals surface area contributed by atoms with Crippen LogP contribution in [0.4, 0.5) is 5.69 Å². The van der Waals surface area contributed by atoms with E-state index in [1.165, 1.54) is 43.3 Å². The molecule has 0 radical (unpaired) electrons. The summed E-state index contributed by atoms with van der Waals surface area (Å²) in [6.45, 7) is 0. The Bertz CT molecular complexity index is 1110. The molecule has 3 rings (SSSR count). The van der Waals surface area contributed by atoms with Gasteiger partial charge < -0.3 is 24.5 Å². The number of nitrogens with zero attached hydrogens (tertiary/aromatic N) is 3. The van der Waals surface area contributed by atoms with Crippen LogP contribution in [0.25, 0.3) is 5.69 Å². The third-order valence-corrected chi connectivity index (χ3v) is 4.04. The predicted octanol–water partition coefficient (Wildman–Crippen LogP) is 2.69. The van der Waals surface area contributed by atoms with E-state index in [4.69, 9.17) is 15.2 Å². The maximum Gasteiger partial charge on any atom is 0.357 e. The highest BCUT2D eigenvalue weighted by atomic mass is 16.5. The summed E-state index contributed by atoms with van der Waals surface area (Å²) in [7, 11) is 2.52. The largest absolute Gasteiger partial charge is 0.465 e. The Kier molecular flexibility index (Phi) is 5.46. The van der Waals surface area contributed by atoms with Gasteiger partial charge in [-0.2, -0.15) is 5.26 Å². The number of esters is 2. The summed E-state index contributed by atoms with van der Waals surface area (Å²) in [5.74, 6) is -0.494. The fourth-order valence-corrected chi connectivity index (χ4v) is 2.62. The molecular weight excluding hydrogens is 376 g/mol. The standard InChI is InChI=1S/C20H16N4O5/c1-27-19(25)12-7-8-23-16(9-12)29-15-5-3-14(4-6-15)24-11-13(10-21)17(22)18(24)20(26)28-2/h3-9,11H,22H2,1-2H3. The van der Waals surface area contributed by atoms with E-state index in [1.54, 1.807) is 24.3 Å². The Morgan fingerprint density at radius 2 is 1.79 bits per heavy atom.